The van der Waals surface area contributed by atoms with Crippen molar-refractivity contribution in [3.63, 3.8) is 0 Å². The molecule has 3 aliphatic heterocycles. The summed E-state index contributed by atoms with van der Waals surface area (Å²) in [6.07, 6.45) is 5.58. The molecule has 6 atom stereocenters. The van der Waals surface area contributed by atoms with Gasteiger partial charge in [-0.15, -0.1) is 23.4 Å². The maximum Gasteiger partial charge on any atom is 0.310 e. The van der Waals surface area contributed by atoms with Gasteiger partial charge >= 0.3 is 5.97 Å². The Morgan fingerprint density at radius 2 is 2.05 bits per heavy atom. The van der Waals surface area contributed by atoms with Gasteiger partial charge in [0.25, 0.3) is 0 Å². The molecule has 3 fully saturated rings. The number of fused-ring (bicyclic) bond motifs is 2. The van der Waals surface area contributed by atoms with E-state index in [0.29, 0.717) is 13.0 Å². The summed E-state index contributed by atoms with van der Waals surface area (Å²) in [4.78, 5) is 45.4. The highest BCUT2D eigenvalue weighted by Crippen LogP contribution is 2.68. The lowest BCUT2D eigenvalue weighted by Crippen LogP contribution is -2.57. The summed E-state index contributed by atoms with van der Waals surface area (Å²) >= 11 is 1.65. The van der Waals surface area contributed by atoms with Gasteiger partial charge in [0.05, 0.1) is 28.7 Å². The van der Waals surface area contributed by atoms with E-state index >= 15 is 0 Å². The lowest BCUT2D eigenvalue weighted by Gasteiger charge is -2.40. The van der Waals surface area contributed by atoms with Crippen molar-refractivity contribution in [3.8, 4) is 0 Å². The van der Waals surface area contributed by atoms with Gasteiger partial charge in [-0.2, -0.15) is 0 Å². The lowest BCUT2D eigenvalue weighted by atomic mass is 9.66. The van der Waals surface area contributed by atoms with Gasteiger partial charge in [-0.3, -0.25) is 14.4 Å². The Bertz CT molecular complexity index is 1270. The predicted octanol–water partition coefficient (Wildman–Crippen LogP) is 2.86. The molecule has 1 aromatic heterocycles. The van der Waals surface area contributed by atoms with E-state index in [0.717, 1.165) is 36.7 Å². The topological polar surface area (TPSA) is 118 Å². The number of unbranched alkanes of at least 4 members (excludes halogenated alkanes) is 3. The molecule has 4 heterocycles. The van der Waals surface area contributed by atoms with Crippen molar-refractivity contribution in [1.29, 1.82) is 0 Å². The van der Waals surface area contributed by atoms with Crippen molar-refractivity contribution in [1.82, 2.24) is 24.8 Å². The van der Waals surface area contributed by atoms with E-state index in [2.05, 4.69) is 23.8 Å². The van der Waals surface area contributed by atoms with E-state index in [1.165, 1.54) is 0 Å². The van der Waals surface area contributed by atoms with Crippen molar-refractivity contribution >= 4 is 40.6 Å². The maximum absolute atomic E-state index is 14.6. The second-order valence-electron chi connectivity index (χ2n) is 11.0. The van der Waals surface area contributed by atoms with Gasteiger partial charge in [0, 0.05) is 24.9 Å². The Hall–Kier alpha value is -2.92. The summed E-state index contributed by atoms with van der Waals surface area (Å²) in [5.74, 6) is -1.67. The number of rotatable bonds is 13. The van der Waals surface area contributed by atoms with Crippen LogP contribution < -0.4 is 0 Å². The monoisotopic (exact) mass is 569 g/mol. The average Bonchev–Trinajstić information content (AvgIpc) is 3.66. The summed E-state index contributed by atoms with van der Waals surface area (Å²) in [5.41, 5.74) is 1.55. The number of esters is 1. The van der Waals surface area contributed by atoms with Gasteiger partial charge < -0.3 is 19.6 Å². The highest BCUT2D eigenvalue weighted by Gasteiger charge is 2.76. The summed E-state index contributed by atoms with van der Waals surface area (Å²) < 4.78 is 6.44. The average molecular weight is 570 g/mol. The largest absolute Gasteiger partial charge is 0.466 e. The smallest absolute Gasteiger partial charge is 0.310 e. The molecule has 0 saturated carbocycles. The maximum atomic E-state index is 14.6. The summed E-state index contributed by atoms with van der Waals surface area (Å²) in [7, 11) is 0. The number of benzene rings is 1. The number of carbonyl (C=O) groups excluding carboxylic acids is 3. The number of aromatic nitrogens is 3. The molecular weight excluding hydrogens is 530 g/mol. The van der Waals surface area contributed by atoms with Gasteiger partial charge in [-0.1, -0.05) is 43.2 Å². The van der Waals surface area contributed by atoms with Gasteiger partial charge in [-0.25, -0.2) is 4.68 Å². The van der Waals surface area contributed by atoms with Crippen LogP contribution in [0, 0.1) is 17.8 Å². The van der Waals surface area contributed by atoms with Gasteiger partial charge in [0.1, 0.15) is 18.2 Å². The Morgan fingerprint density at radius 1 is 1.27 bits per heavy atom. The van der Waals surface area contributed by atoms with E-state index < -0.39 is 22.6 Å². The van der Waals surface area contributed by atoms with Crippen LogP contribution >= 0.6 is 11.8 Å². The molecule has 0 aliphatic carbocycles. The van der Waals surface area contributed by atoms with Gasteiger partial charge in [0.15, 0.2) is 0 Å². The molecule has 2 amide bonds. The Labute approximate surface area is 239 Å². The standard InChI is InChI=1S/C29H39N5O5S/c1-4-14-32(18-34-21-13-9-8-12-20(21)30-31-34)27(37)25-29-19(3)17-22(40-29)23(28(38)39-5-2)24(29)26(36)33(25)15-10-6-7-11-16-35/h4,8-9,12-13,19,22-25,35H,1,5-7,10-11,14-18H2,2-3H3/t19?,22-,23+,24-,25?,29?/m0/s1. The highest BCUT2D eigenvalue weighted by atomic mass is 32.2. The number of carbonyl (C=O) groups is 3. The van der Waals surface area contributed by atoms with Crippen LogP contribution in [0.15, 0.2) is 36.9 Å². The first-order chi connectivity index (χ1) is 19.4. The number of thioether (sulfide) groups is 1. The molecule has 5 rings (SSSR count). The third-order valence-electron chi connectivity index (χ3n) is 8.73. The predicted molar refractivity (Wildman–Crippen MR) is 152 cm³/mol. The normalized spacial score (nSPS) is 28.7. The fraction of sp³-hybridized carbons (Fsp3) is 0.621. The number of nitrogens with zero attached hydrogens (tertiary/aromatic N) is 5. The summed E-state index contributed by atoms with van der Waals surface area (Å²) in [6, 6.07) is 6.89. The van der Waals surface area contributed by atoms with Crippen LogP contribution in [-0.2, 0) is 25.8 Å². The van der Waals surface area contributed by atoms with Crippen LogP contribution in [0.5, 0.6) is 0 Å². The second-order valence-corrected chi connectivity index (χ2v) is 12.6. The number of hydrogen-bond acceptors (Lipinski definition) is 8. The van der Waals surface area contributed by atoms with Crippen molar-refractivity contribution < 1.29 is 24.2 Å². The summed E-state index contributed by atoms with van der Waals surface area (Å²) in [6.45, 7) is 9.06. The van der Waals surface area contributed by atoms with Gasteiger partial charge in [-0.05, 0) is 44.2 Å². The highest BCUT2D eigenvalue weighted by molar-refractivity contribution is 8.02. The molecule has 2 aromatic rings. The fourth-order valence-electron chi connectivity index (χ4n) is 7.02. The number of likely N-dealkylation sites (tertiary alicyclic amines) is 1. The third kappa shape index (κ3) is 4.70. The zero-order chi connectivity index (χ0) is 28.4. The number of ether oxygens (including phenoxy) is 1. The first kappa shape index (κ1) is 28.6. The third-order valence-corrected chi connectivity index (χ3v) is 10.8. The quantitative estimate of drug-likeness (QED) is 0.222. The number of hydrogen-bond donors (Lipinski definition) is 1. The first-order valence-corrected chi connectivity index (χ1v) is 15.2. The zero-order valence-electron chi connectivity index (χ0n) is 23.3. The van der Waals surface area contributed by atoms with E-state index in [-0.39, 0.29) is 55.4 Å². The molecule has 1 N–H and O–H groups in total. The number of amides is 2. The van der Waals surface area contributed by atoms with Crippen LogP contribution in [0.3, 0.4) is 0 Å². The molecule has 1 spiro atoms. The van der Waals surface area contributed by atoms with Crippen molar-refractivity contribution in [2.75, 3.05) is 26.3 Å². The number of aliphatic hydroxyl groups is 1. The molecule has 3 unspecified atom stereocenters. The van der Waals surface area contributed by atoms with Crippen LogP contribution in [0.4, 0.5) is 0 Å². The van der Waals surface area contributed by atoms with Crippen LogP contribution in [-0.4, -0.2) is 90.0 Å². The van der Waals surface area contributed by atoms with Crippen LogP contribution in [0.2, 0.25) is 0 Å². The fourth-order valence-corrected chi connectivity index (χ4v) is 9.43. The minimum absolute atomic E-state index is 0.0443. The van der Waals surface area contributed by atoms with Crippen molar-refractivity contribution in [2.24, 2.45) is 17.8 Å². The van der Waals surface area contributed by atoms with Crippen molar-refractivity contribution in [2.45, 2.75) is 68.7 Å². The Balaban J connectivity index is 1.50. The number of para-hydroxylation sites is 1. The van der Waals surface area contributed by atoms with Gasteiger partial charge in [0.2, 0.25) is 11.8 Å². The van der Waals surface area contributed by atoms with E-state index in [4.69, 9.17) is 9.84 Å². The van der Waals surface area contributed by atoms with Crippen molar-refractivity contribution in [3.05, 3.63) is 36.9 Å². The molecule has 216 valence electrons. The molecular formula is C29H39N5O5S. The molecule has 1 aromatic carbocycles. The first-order valence-electron chi connectivity index (χ1n) is 14.3. The second kappa shape index (κ2) is 11.9. The molecule has 0 radical (unpaired) electrons. The molecule has 2 bridgehead atoms. The summed E-state index contributed by atoms with van der Waals surface area (Å²) in [5, 5.41) is 17.7. The Morgan fingerprint density at radius 3 is 2.80 bits per heavy atom. The van der Waals surface area contributed by atoms with E-state index in [1.807, 2.05) is 24.3 Å². The zero-order valence-corrected chi connectivity index (χ0v) is 24.1. The molecule has 3 aliphatic rings. The minimum atomic E-state index is -0.706. The minimum Gasteiger partial charge on any atom is -0.466 e. The molecule has 11 heteroatoms. The Kier molecular flexibility index (Phi) is 8.51. The van der Waals surface area contributed by atoms with E-state index in [1.54, 1.807) is 39.2 Å². The van der Waals surface area contributed by atoms with Crippen LogP contribution in [0.25, 0.3) is 11.0 Å². The van der Waals surface area contributed by atoms with E-state index in [9.17, 15) is 14.4 Å². The van der Waals surface area contributed by atoms with Crippen LogP contribution in [0.1, 0.15) is 46.0 Å². The lowest BCUT2D eigenvalue weighted by molar-refractivity contribution is -0.154. The number of aliphatic hydroxyl groups excluding tert-OH is 1. The molecule has 3 saturated heterocycles. The molecule has 40 heavy (non-hydrogen) atoms. The SMILES string of the molecule is C=CCN(Cn1nnc2ccccc21)C(=O)C1N(CCCCCCO)C(=O)[C@@H]2[C@H](C(=O)OCC)[C@@H]3CC(C)C12S3. The molecule has 10 nitrogen and oxygen atoms in total.